The van der Waals surface area contributed by atoms with Crippen LogP contribution >= 0.6 is 15.9 Å². The Bertz CT molecular complexity index is 417. The number of anilines is 1. The van der Waals surface area contributed by atoms with Gasteiger partial charge in [0.2, 0.25) is 0 Å². The van der Waals surface area contributed by atoms with Crippen LogP contribution in [0.2, 0.25) is 0 Å². The van der Waals surface area contributed by atoms with Crippen molar-refractivity contribution in [2.24, 2.45) is 5.92 Å². The minimum atomic E-state index is 0.556. The minimum Gasteiger partial charge on any atom is -0.365 e. The zero-order valence-corrected chi connectivity index (χ0v) is 13.3. The number of piperazine rings is 1. The molecule has 2 rings (SSSR count). The largest absolute Gasteiger partial charge is 0.365 e. The second-order valence-corrected chi connectivity index (χ2v) is 6.56. The summed E-state index contributed by atoms with van der Waals surface area (Å²) < 4.78 is 1.20. The van der Waals surface area contributed by atoms with Gasteiger partial charge in [0.05, 0.1) is 0 Å². The van der Waals surface area contributed by atoms with Gasteiger partial charge in [-0.05, 0) is 37.5 Å². The lowest BCUT2D eigenvalue weighted by atomic mass is 9.98. The quantitative estimate of drug-likeness (QED) is 0.898. The highest BCUT2D eigenvalue weighted by molar-refractivity contribution is 9.10. The summed E-state index contributed by atoms with van der Waals surface area (Å²) in [7, 11) is 0. The van der Waals surface area contributed by atoms with Gasteiger partial charge in [-0.15, -0.1) is 0 Å². The molecule has 0 aromatic heterocycles. The van der Waals surface area contributed by atoms with Crippen molar-refractivity contribution in [2.45, 2.75) is 39.8 Å². The van der Waals surface area contributed by atoms with Crippen LogP contribution in [-0.2, 0) is 0 Å². The summed E-state index contributed by atoms with van der Waals surface area (Å²) in [6.45, 7) is 11.2. The van der Waals surface area contributed by atoms with Crippen molar-refractivity contribution in [1.82, 2.24) is 5.32 Å². The van der Waals surface area contributed by atoms with E-state index in [1.807, 2.05) is 0 Å². The van der Waals surface area contributed by atoms with Gasteiger partial charge >= 0.3 is 0 Å². The fraction of sp³-hybridized carbons (Fsp3) is 0.600. The number of benzene rings is 1. The molecule has 1 heterocycles. The first-order valence-electron chi connectivity index (χ1n) is 6.75. The van der Waals surface area contributed by atoms with Gasteiger partial charge in [-0.2, -0.15) is 0 Å². The Morgan fingerprint density at radius 1 is 1.39 bits per heavy atom. The molecule has 1 N–H and O–H groups in total. The van der Waals surface area contributed by atoms with Crippen LogP contribution in [0.4, 0.5) is 5.69 Å². The molecule has 3 heteroatoms. The van der Waals surface area contributed by atoms with Crippen LogP contribution in [0.15, 0.2) is 22.7 Å². The van der Waals surface area contributed by atoms with E-state index in [1.165, 1.54) is 15.7 Å². The third-order valence-corrected chi connectivity index (χ3v) is 4.66. The SMILES string of the molecule is Cc1ccc(N2CC(C)NCC2C(C)C)cc1Br. The summed E-state index contributed by atoms with van der Waals surface area (Å²) in [6.07, 6.45) is 0. The van der Waals surface area contributed by atoms with Gasteiger partial charge in [-0.1, -0.05) is 35.8 Å². The Morgan fingerprint density at radius 2 is 2.11 bits per heavy atom. The monoisotopic (exact) mass is 310 g/mol. The molecule has 1 aromatic rings. The summed E-state index contributed by atoms with van der Waals surface area (Å²) in [5.41, 5.74) is 2.63. The fourth-order valence-electron chi connectivity index (χ4n) is 2.58. The van der Waals surface area contributed by atoms with Crippen molar-refractivity contribution >= 4 is 21.6 Å². The molecule has 0 spiro atoms. The Balaban J connectivity index is 2.29. The predicted molar refractivity (Wildman–Crippen MR) is 82.3 cm³/mol. The molecular formula is C15H23BrN2. The summed E-state index contributed by atoms with van der Waals surface area (Å²) in [5.74, 6) is 0.657. The lowest BCUT2D eigenvalue weighted by Crippen LogP contribution is -2.57. The molecule has 0 aliphatic carbocycles. The zero-order valence-electron chi connectivity index (χ0n) is 11.7. The van der Waals surface area contributed by atoms with Crippen LogP contribution in [0, 0.1) is 12.8 Å². The first-order valence-corrected chi connectivity index (χ1v) is 7.54. The highest BCUT2D eigenvalue weighted by Crippen LogP contribution is 2.28. The topological polar surface area (TPSA) is 15.3 Å². The van der Waals surface area contributed by atoms with Crippen molar-refractivity contribution < 1.29 is 0 Å². The Kier molecular flexibility index (Phi) is 4.33. The molecule has 1 saturated heterocycles. The molecule has 18 heavy (non-hydrogen) atoms. The molecule has 100 valence electrons. The molecule has 1 aliphatic heterocycles. The lowest BCUT2D eigenvalue weighted by Gasteiger charge is -2.43. The van der Waals surface area contributed by atoms with E-state index in [9.17, 15) is 0 Å². The number of hydrogen-bond donors (Lipinski definition) is 1. The van der Waals surface area contributed by atoms with Gasteiger partial charge < -0.3 is 10.2 Å². The van der Waals surface area contributed by atoms with E-state index < -0.39 is 0 Å². The number of nitrogens with one attached hydrogen (secondary N) is 1. The number of halogens is 1. The van der Waals surface area contributed by atoms with Gasteiger partial charge in [-0.3, -0.25) is 0 Å². The van der Waals surface area contributed by atoms with E-state index in [-0.39, 0.29) is 0 Å². The Labute approximate surface area is 119 Å². The van der Waals surface area contributed by atoms with Crippen LogP contribution < -0.4 is 10.2 Å². The average molecular weight is 311 g/mol. The first kappa shape index (κ1) is 13.9. The minimum absolute atomic E-state index is 0.556. The number of rotatable bonds is 2. The summed E-state index contributed by atoms with van der Waals surface area (Å²) in [4.78, 5) is 2.55. The number of aryl methyl sites for hydroxylation is 1. The second kappa shape index (κ2) is 5.62. The van der Waals surface area contributed by atoms with Crippen molar-refractivity contribution in [3.63, 3.8) is 0 Å². The number of nitrogens with zero attached hydrogens (tertiary/aromatic N) is 1. The summed E-state index contributed by atoms with van der Waals surface area (Å²) >= 11 is 3.64. The smallest absolute Gasteiger partial charge is 0.0438 e. The lowest BCUT2D eigenvalue weighted by molar-refractivity contribution is 0.349. The molecule has 2 nitrogen and oxygen atoms in total. The molecule has 0 bridgehead atoms. The highest BCUT2D eigenvalue weighted by Gasteiger charge is 2.28. The standard InChI is InChI=1S/C15H23BrN2/c1-10(2)15-8-17-12(4)9-18(15)13-6-5-11(3)14(16)7-13/h5-7,10,12,15,17H,8-9H2,1-4H3. The predicted octanol–water partition coefficient (Wildman–Crippen LogP) is 3.58. The molecule has 1 fully saturated rings. The Hall–Kier alpha value is -0.540. The molecule has 0 amide bonds. The van der Waals surface area contributed by atoms with Crippen molar-refractivity contribution in [3.05, 3.63) is 28.2 Å². The maximum Gasteiger partial charge on any atom is 0.0438 e. The molecule has 0 radical (unpaired) electrons. The van der Waals surface area contributed by atoms with E-state index in [0.29, 0.717) is 18.0 Å². The van der Waals surface area contributed by atoms with E-state index in [2.05, 4.69) is 72.0 Å². The first-order chi connectivity index (χ1) is 8.49. The van der Waals surface area contributed by atoms with Crippen LogP contribution in [0.1, 0.15) is 26.3 Å². The van der Waals surface area contributed by atoms with Crippen LogP contribution in [0.5, 0.6) is 0 Å². The van der Waals surface area contributed by atoms with Gasteiger partial charge in [0.15, 0.2) is 0 Å². The fourth-order valence-corrected chi connectivity index (χ4v) is 2.95. The van der Waals surface area contributed by atoms with Crippen molar-refractivity contribution in [2.75, 3.05) is 18.0 Å². The highest BCUT2D eigenvalue weighted by atomic mass is 79.9. The third kappa shape index (κ3) is 2.89. The zero-order chi connectivity index (χ0) is 13.3. The molecule has 1 aromatic carbocycles. The maximum absolute atomic E-state index is 3.64. The van der Waals surface area contributed by atoms with Gasteiger partial charge in [0.25, 0.3) is 0 Å². The summed E-state index contributed by atoms with van der Waals surface area (Å²) in [5, 5.41) is 3.59. The number of hydrogen-bond acceptors (Lipinski definition) is 2. The van der Waals surface area contributed by atoms with Crippen LogP contribution in [-0.4, -0.2) is 25.2 Å². The van der Waals surface area contributed by atoms with Crippen LogP contribution in [0.25, 0.3) is 0 Å². The third-order valence-electron chi connectivity index (χ3n) is 3.80. The van der Waals surface area contributed by atoms with Gasteiger partial charge in [0.1, 0.15) is 0 Å². The molecule has 2 atom stereocenters. The van der Waals surface area contributed by atoms with E-state index in [4.69, 9.17) is 0 Å². The molecule has 2 unspecified atom stereocenters. The summed E-state index contributed by atoms with van der Waals surface area (Å²) in [6, 6.07) is 7.83. The average Bonchev–Trinajstić information content (AvgIpc) is 2.32. The van der Waals surface area contributed by atoms with Crippen molar-refractivity contribution in [3.8, 4) is 0 Å². The van der Waals surface area contributed by atoms with E-state index >= 15 is 0 Å². The van der Waals surface area contributed by atoms with Gasteiger partial charge in [0, 0.05) is 35.3 Å². The second-order valence-electron chi connectivity index (χ2n) is 5.71. The molecule has 1 aliphatic rings. The van der Waals surface area contributed by atoms with E-state index in [1.54, 1.807) is 0 Å². The normalized spacial score (nSPS) is 24.7. The Morgan fingerprint density at radius 3 is 2.72 bits per heavy atom. The maximum atomic E-state index is 3.64. The molecule has 0 saturated carbocycles. The van der Waals surface area contributed by atoms with Crippen molar-refractivity contribution in [1.29, 1.82) is 0 Å². The molecular weight excluding hydrogens is 288 g/mol. The van der Waals surface area contributed by atoms with Crippen LogP contribution in [0.3, 0.4) is 0 Å². The van der Waals surface area contributed by atoms with E-state index in [0.717, 1.165) is 13.1 Å². The van der Waals surface area contributed by atoms with Gasteiger partial charge in [-0.25, -0.2) is 0 Å².